The van der Waals surface area contributed by atoms with Gasteiger partial charge in [-0.25, -0.2) is 14.4 Å². The van der Waals surface area contributed by atoms with Crippen LogP contribution < -0.4 is 5.56 Å². The van der Waals surface area contributed by atoms with Gasteiger partial charge >= 0.3 is 6.18 Å². The number of hydrogen-bond donors (Lipinski definition) is 0. The Kier molecular flexibility index (Phi) is 5.56. The van der Waals surface area contributed by atoms with Crippen LogP contribution in [0.4, 0.5) is 17.6 Å². The molecule has 4 rings (SSSR count). The Morgan fingerprint density at radius 2 is 1.97 bits per heavy atom. The van der Waals surface area contributed by atoms with Crippen molar-refractivity contribution in [2.45, 2.75) is 24.9 Å². The highest BCUT2D eigenvalue weighted by atomic mass is 32.2. The minimum Gasteiger partial charge on any atom is -0.267 e. The van der Waals surface area contributed by atoms with Crippen LogP contribution in [0.25, 0.3) is 26.6 Å². The minimum absolute atomic E-state index is 0.150. The largest absolute Gasteiger partial charge is 0.398 e. The third-order valence-corrected chi connectivity index (χ3v) is 6.69. The standard InChI is InChI=1S/C20H14F4N4OS2/c1-10-6-13(21)14(7-15(10)30-9-20(22,23)24)28-11(2)26-17-16(19(28)29)31-18(27-17)12-4-3-5-25-8-12/h3-8H,9H2,1-2H3. The number of hydrogen-bond acceptors (Lipinski definition) is 6. The quantitative estimate of drug-likeness (QED) is 0.301. The molecule has 0 amide bonds. The number of benzene rings is 1. The Morgan fingerprint density at radius 1 is 1.19 bits per heavy atom. The maximum absolute atomic E-state index is 14.8. The lowest BCUT2D eigenvalue weighted by molar-refractivity contribution is -0.105. The monoisotopic (exact) mass is 466 g/mol. The van der Waals surface area contributed by atoms with Crippen molar-refractivity contribution in [1.29, 1.82) is 0 Å². The number of aromatic nitrogens is 4. The summed E-state index contributed by atoms with van der Waals surface area (Å²) in [4.78, 5) is 26.2. The summed E-state index contributed by atoms with van der Waals surface area (Å²) < 4.78 is 54.0. The summed E-state index contributed by atoms with van der Waals surface area (Å²) in [5, 5.41) is 0.538. The highest BCUT2D eigenvalue weighted by Gasteiger charge is 2.28. The molecule has 0 N–H and O–H groups in total. The summed E-state index contributed by atoms with van der Waals surface area (Å²) in [7, 11) is 0. The second-order valence-electron chi connectivity index (χ2n) is 6.69. The van der Waals surface area contributed by atoms with Gasteiger partial charge in [-0.05, 0) is 43.7 Å². The van der Waals surface area contributed by atoms with Gasteiger partial charge in [0.15, 0.2) is 5.65 Å². The Hall–Kier alpha value is -2.79. The van der Waals surface area contributed by atoms with Crippen LogP contribution in [-0.2, 0) is 0 Å². The van der Waals surface area contributed by atoms with Crippen molar-refractivity contribution in [3.05, 3.63) is 64.2 Å². The number of halogens is 4. The van der Waals surface area contributed by atoms with Crippen molar-refractivity contribution < 1.29 is 17.6 Å². The Labute approximate surface area is 181 Å². The van der Waals surface area contributed by atoms with Gasteiger partial charge in [0.05, 0.1) is 11.4 Å². The number of thioether (sulfide) groups is 1. The van der Waals surface area contributed by atoms with E-state index < -0.39 is 23.3 Å². The Morgan fingerprint density at radius 3 is 2.65 bits per heavy atom. The van der Waals surface area contributed by atoms with Crippen LogP contribution >= 0.6 is 23.1 Å². The second kappa shape index (κ2) is 8.04. The molecule has 3 heterocycles. The zero-order chi connectivity index (χ0) is 22.3. The van der Waals surface area contributed by atoms with Crippen LogP contribution in [0.5, 0.6) is 0 Å². The molecule has 0 saturated carbocycles. The SMILES string of the molecule is Cc1cc(F)c(-n2c(C)nc3nc(-c4cccnc4)sc3c2=O)cc1SCC(F)(F)F. The fourth-order valence-electron chi connectivity index (χ4n) is 3.00. The second-order valence-corrected chi connectivity index (χ2v) is 8.70. The predicted molar refractivity (Wildman–Crippen MR) is 112 cm³/mol. The van der Waals surface area contributed by atoms with Crippen LogP contribution in [0, 0.1) is 19.7 Å². The Bertz CT molecular complexity index is 1330. The van der Waals surface area contributed by atoms with Crippen LogP contribution in [-0.4, -0.2) is 31.4 Å². The molecule has 3 aromatic heterocycles. The van der Waals surface area contributed by atoms with Gasteiger partial charge in [-0.1, -0.05) is 0 Å². The zero-order valence-electron chi connectivity index (χ0n) is 16.2. The van der Waals surface area contributed by atoms with E-state index in [0.29, 0.717) is 27.9 Å². The molecule has 0 aliphatic rings. The Balaban J connectivity index is 1.85. The lowest BCUT2D eigenvalue weighted by Gasteiger charge is -2.14. The van der Waals surface area contributed by atoms with E-state index in [1.54, 1.807) is 24.5 Å². The van der Waals surface area contributed by atoms with Crippen molar-refractivity contribution in [1.82, 2.24) is 19.5 Å². The van der Waals surface area contributed by atoms with Crippen molar-refractivity contribution in [2.24, 2.45) is 0 Å². The fourth-order valence-corrected chi connectivity index (χ4v) is 4.73. The van der Waals surface area contributed by atoms with Gasteiger partial charge in [-0.3, -0.25) is 14.3 Å². The van der Waals surface area contributed by atoms with Crippen molar-refractivity contribution in [3.63, 3.8) is 0 Å². The molecule has 0 atom stereocenters. The number of pyridine rings is 1. The third-order valence-electron chi connectivity index (χ3n) is 4.38. The summed E-state index contributed by atoms with van der Waals surface area (Å²) in [5.74, 6) is -1.67. The average Bonchev–Trinajstić information content (AvgIpc) is 3.13. The first-order valence-corrected chi connectivity index (χ1v) is 10.7. The molecule has 0 aliphatic heterocycles. The number of aryl methyl sites for hydroxylation is 2. The van der Waals surface area contributed by atoms with E-state index in [1.807, 2.05) is 0 Å². The fraction of sp³-hybridized carbons (Fsp3) is 0.200. The number of rotatable bonds is 4. The van der Waals surface area contributed by atoms with E-state index in [1.165, 1.54) is 19.9 Å². The molecule has 0 spiro atoms. The molecule has 0 aliphatic carbocycles. The molecular formula is C20H14F4N4OS2. The lowest BCUT2D eigenvalue weighted by atomic mass is 10.2. The number of thiazole rings is 1. The molecule has 11 heteroatoms. The normalized spacial score (nSPS) is 11.9. The molecule has 0 fully saturated rings. The molecule has 0 radical (unpaired) electrons. The van der Waals surface area contributed by atoms with Crippen LogP contribution in [0.1, 0.15) is 11.4 Å². The molecular weight excluding hydrogens is 452 g/mol. The highest BCUT2D eigenvalue weighted by molar-refractivity contribution is 7.99. The highest BCUT2D eigenvalue weighted by Crippen LogP contribution is 2.33. The number of alkyl halides is 3. The average molecular weight is 466 g/mol. The van der Waals surface area contributed by atoms with Gasteiger partial charge in [0.1, 0.15) is 21.3 Å². The van der Waals surface area contributed by atoms with Gasteiger partial charge in [0.2, 0.25) is 0 Å². The summed E-state index contributed by atoms with van der Waals surface area (Å²) in [6.07, 6.45) is -1.15. The van der Waals surface area contributed by atoms with Gasteiger partial charge in [-0.15, -0.1) is 23.1 Å². The van der Waals surface area contributed by atoms with Crippen molar-refractivity contribution in [2.75, 3.05) is 5.75 Å². The van der Waals surface area contributed by atoms with Crippen LogP contribution in [0.2, 0.25) is 0 Å². The molecule has 4 aromatic rings. The zero-order valence-corrected chi connectivity index (χ0v) is 17.8. The van der Waals surface area contributed by atoms with Crippen molar-refractivity contribution >= 4 is 33.4 Å². The van der Waals surface area contributed by atoms with Crippen LogP contribution in [0.15, 0.2) is 46.3 Å². The minimum atomic E-state index is -4.37. The first-order valence-electron chi connectivity index (χ1n) is 8.95. The van der Waals surface area contributed by atoms with E-state index in [9.17, 15) is 22.4 Å². The van der Waals surface area contributed by atoms with E-state index in [0.717, 1.165) is 22.0 Å². The maximum atomic E-state index is 14.8. The topological polar surface area (TPSA) is 60.7 Å². The van der Waals surface area contributed by atoms with Crippen molar-refractivity contribution in [3.8, 4) is 16.3 Å². The van der Waals surface area contributed by atoms with Gasteiger partial charge in [0.25, 0.3) is 5.56 Å². The molecule has 0 saturated heterocycles. The lowest BCUT2D eigenvalue weighted by Crippen LogP contribution is -2.22. The van der Waals surface area contributed by atoms with E-state index in [-0.39, 0.29) is 26.8 Å². The molecule has 5 nitrogen and oxygen atoms in total. The number of fused-ring (bicyclic) bond motifs is 1. The van der Waals surface area contributed by atoms with Gasteiger partial charge < -0.3 is 0 Å². The molecule has 160 valence electrons. The summed E-state index contributed by atoms with van der Waals surface area (Å²) in [6, 6.07) is 5.91. The van der Waals surface area contributed by atoms with Gasteiger partial charge in [0, 0.05) is 22.9 Å². The van der Waals surface area contributed by atoms with E-state index >= 15 is 0 Å². The first kappa shape index (κ1) is 21.4. The molecule has 31 heavy (non-hydrogen) atoms. The predicted octanol–water partition coefficient (Wildman–Crippen LogP) is 5.31. The molecule has 0 unspecified atom stereocenters. The van der Waals surface area contributed by atoms with Crippen LogP contribution in [0.3, 0.4) is 0 Å². The first-order chi connectivity index (χ1) is 14.6. The maximum Gasteiger partial charge on any atom is 0.398 e. The summed E-state index contributed by atoms with van der Waals surface area (Å²) in [5.41, 5.74) is 0.600. The molecule has 0 bridgehead atoms. The third kappa shape index (κ3) is 4.33. The smallest absolute Gasteiger partial charge is 0.267 e. The van der Waals surface area contributed by atoms with E-state index in [2.05, 4.69) is 15.0 Å². The summed E-state index contributed by atoms with van der Waals surface area (Å²) in [6.45, 7) is 3.04. The number of nitrogens with zero attached hydrogens (tertiary/aromatic N) is 4. The van der Waals surface area contributed by atoms with E-state index in [4.69, 9.17) is 0 Å². The molecule has 1 aromatic carbocycles. The summed E-state index contributed by atoms with van der Waals surface area (Å²) >= 11 is 1.64. The van der Waals surface area contributed by atoms with Gasteiger partial charge in [-0.2, -0.15) is 13.2 Å².